The number of hydrogen-bond acceptors (Lipinski definition) is 3. The molecule has 0 aromatic heterocycles. The molecule has 0 saturated carbocycles. The van der Waals surface area contributed by atoms with Gasteiger partial charge in [-0.3, -0.25) is 0 Å². The molecule has 2 unspecified atom stereocenters. The molecule has 1 aliphatic heterocycles. The van der Waals surface area contributed by atoms with E-state index in [9.17, 15) is 14.7 Å². The average molecular weight is 269 g/mol. The largest absolute Gasteiger partial charge is 0.466 e. The molecule has 5 nitrogen and oxygen atoms in total. The van der Waals surface area contributed by atoms with Gasteiger partial charge in [0.15, 0.2) is 0 Å². The second-order valence-corrected chi connectivity index (χ2v) is 6.02. The number of carbonyl (C=O) groups is 2. The van der Waals surface area contributed by atoms with Crippen molar-refractivity contribution in [3.05, 3.63) is 12.2 Å². The van der Waals surface area contributed by atoms with E-state index in [0.29, 0.717) is 6.54 Å². The van der Waals surface area contributed by atoms with Crippen molar-refractivity contribution in [3.8, 4) is 0 Å². The predicted molar refractivity (Wildman–Crippen MR) is 71.9 cm³/mol. The second kappa shape index (κ2) is 6.08. The van der Waals surface area contributed by atoms with E-state index < -0.39 is 6.09 Å². The Balaban J connectivity index is 2.77. The van der Waals surface area contributed by atoms with E-state index in [4.69, 9.17) is 0 Å². The fraction of sp³-hybridized carbons (Fsp3) is 0.714. The first-order chi connectivity index (χ1) is 8.75. The normalized spacial score (nSPS) is 24.5. The third-order valence-corrected chi connectivity index (χ3v) is 3.59. The molecule has 0 aromatic rings. The zero-order chi connectivity index (χ0) is 14.6. The van der Waals surface area contributed by atoms with Crippen LogP contribution in [0.4, 0.5) is 4.79 Å². The number of methoxy groups -OCH3 is 1. The Morgan fingerprint density at radius 3 is 2.47 bits per heavy atom. The molecule has 19 heavy (non-hydrogen) atoms. The van der Waals surface area contributed by atoms with Gasteiger partial charge in [-0.1, -0.05) is 26.8 Å². The van der Waals surface area contributed by atoms with Crippen LogP contribution in [0.1, 0.15) is 33.6 Å². The summed E-state index contributed by atoms with van der Waals surface area (Å²) in [6, 6.07) is -0.0361. The summed E-state index contributed by atoms with van der Waals surface area (Å²) in [5.74, 6) is -0.146. The van der Waals surface area contributed by atoms with Gasteiger partial charge in [-0.05, 0) is 24.2 Å². The van der Waals surface area contributed by atoms with E-state index >= 15 is 0 Å². The first kappa shape index (κ1) is 15.5. The molecule has 0 aliphatic carbocycles. The molecular formula is C14H23NO4. The molecule has 2 atom stereocenters. The number of likely N-dealkylation sites (tertiary alicyclic amines) is 1. The van der Waals surface area contributed by atoms with Gasteiger partial charge in [0.25, 0.3) is 0 Å². The van der Waals surface area contributed by atoms with Crippen LogP contribution in [0.2, 0.25) is 0 Å². The van der Waals surface area contributed by atoms with Crippen LogP contribution in [0.25, 0.3) is 0 Å². The first-order valence-corrected chi connectivity index (χ1v) is 6.51. The number of rotatable bonds is 2. The van der Waals surface area contributed by atoms with Crippen molar-refractivity contribution < 1.29 is 19.4 Å². The SMILES string of the molecule is COC(=O)/C=C/C1CCN(C(=O)O)C(C(C)(C)C)C1. The lowest BCUT2D eigenvalue weighted by molar-refractivity contribution is -0.134. The van der Waals surface area contributed by atoms with Crippen LogP contribution >= 0.6 is 0 Å². The summed E-state index contributed by atoms with van der Waals surface area (Å²) in [5, 5.41) is 9.25. The molecule has 1 saturated heterocycles. The zero-order valence-electron chi connectivity index (χ0n) is 12.0. The number of nitrogens with zero attached hydrogens (tertiary/aromatic N) is 1. The van der Waals surface area contributed by atoms with Crippen molar-refractivity contribution >= 4 is 12.1 Å². The lowest BCUT2D eigenvalue weighted by Crippen LogP contribution is -2.51. The summed E-state index contributed by atoms with van der Waals surface area (Å²) in [7, 11) is 1.34. The Morgan fingerprint density at radius 2 is 2.00 bits per heavy atom. The van der Waals surface area contributed by atoms with Gasteiger partial charge >= 0.3 is 12.1 Å². The molecule has 5 heteroatoms. The van der Waals surface area contributed by atoms with Crippen molar-refractivity contribution in [1.82, 2.24) is 4.90 Å². The molecule has 1 rings (SSSR count). The highest BCUT2D eigenvalue weighted by Crippen LogP contribution is 2.35. The van der Waals surface area contributed by atoms with Gasteiger partial charge in [-0.15, -0.1) is 0 Å². The monoisotopic (exact) mass is 269 g/mol. The number of allylic oxidation sites excluding steroid dienone is 1. The molecule has 1 heterocycles. The first-order valence-electron chi connectivity index (χ1n) is 6.51. The van der Waals surface area contributed by atoms with Crippen LogP contribution in [-0.2, 0) is 9.53 Å². The minimum Gasteiger partial charge on any atom is -0.466 e. The second-order valence-electron chi connectivity index (χ2n) is 6.02. The van der Waals surface area contributed by atoms with Crippen molar-refractivity contribution in [2.24, 2.45) is 11.3 Å². The van der Waals surface area contributed by atoms with Crippen LogP contribution in [0.5, 0.6) is 0 Å². The van der Waals surface area contributed by atoms with Gasteiger partial charge in [0, 0.05) is 18.7 Å². The third kappa shape index (κ3) is 4.26. The van der Waals surface area contributed by atoms with Crippen molar-refractivity contribution in [1.29, 1.82) is 0 Å². The summed E-state index contributed by atoms with van der Waals surface area (Å²) in [6.45, 7) is 6.63. The van der Waals surface area contributed by atoms with Gasteiger partial charge < -0.3 is 14.7 Å². The van der Waals surface area contributed by atoms with Crippen LogP contribution in [0.15, 0.2) is 12.2 Å². The maximum absolute atomic E-state index is 11.3. The highest BCUT2D eigenvalue weighted by Gasteiger charge is 2.37. The summed E-state index contributed by atoms with van der Waals surface area (Å²) < 4.78 is 4.56. The van der Waals surface area contributed by atoms with E-state index in [1.165, 1.54) is 18.1 Å². The molecule has 0 spiro atoms. The van der Waals surface area contributed by atoms with Gasteiger partial charge in [-0.25, -0.2) is 9.59 Å². The van der Waals surface area contributed by atoms with E-state index in [-0.39, 0.29) is 23.3 Å². The van der Waals surface area contributed by atoms with E-state index in [0.717, 1.165) is 12.8 Å². The molecule has 0 radical (unpaired) electrons. The Bertz CT molecular complexity index is 370. The quantitative estimate of drug-likeness (QED) is 0.618. The van der Waals surface area contributed by atoms with Gasteiger partial charge in [0.1, 0.15) is 0 Å². The number of piperidine rings is 1. The van der Waals surface area contributed by atoms with Crippen LogP contribution in [0.3, 0.4) is 0 Å². The van der Waals surface area contributed by atoms with Gasteiger partial charge in [-0.2, -0.15) is 0 Å². The minimum absolute atomic E-state index is 0.0361. The van der Waals surface area contributed by atoms with Crippen molar-refractivity contribution in [2.45, 2.75) is 39.7 Å². The average Bonchev–Trinajstić information content (AvgIpc) is 2.34. The van der Waals surface area contributed by atoms with Crippen LogP contribution < -0.4 is 0 Å². The number of amides is 1. The van der Waals surface area contributed by atoms with E-state index in [1.54, 1.807) is 0 Å². The van der Waals surface area contributed by atoms with Crippen molar-refractivity contribution in [3.63, 3.8) is 0 Å². The maximum atomic E-state index is 11.3. The summed E-state index contributed by atoms with van der Waals surface area (Å²) in [5.41, 5.74) is -0.115. The van der Waals surface area contributed by atoms with Gasteiger partial charge in [0.05, 0.1) is 7.11 Å². The maximum Gasteiger partial charge on any atom is 0.407 e. The predicted octanol–water partition coefficient (Wildman–Crippen LogP) is 2.52. The lowest BCUT2D eigenvalue weighted by atomic mass is 9.77. The smallest absolute Gasteiger partial charge is 0.407 e. The fourth-order valence-electron chi connectivity index (χ4n) is 2.50. The van der Waals surface area contributed by atoms with E-state index in [2.05, 4.69) is 4.74 Å². The molecule has 1 amide bonds. The lowest BCUT2D eigenvalue weighted by Gasteiger charge is -2.44. The summed E-state index contributed by atoms with van der Waals surface area (Å²) >= 11 is 0. The molecular weight excluding hydrogens is 246 g/mol. The summed E-state index contributed by atoms with van der Waals surface area (Å²) in [4.78, 5) is 23.9. The Hall–Kier alpha value is -1.52. The molecule has 0 bridgehead atoms. The number of hydrogen-bond donors (Lipinski definition) is 1. The number of carboxylic acid groups (broad SMARTS) is 1. The van der Waals surface area contributed by atoms with Crippen LogP contribution in [0, 0.1) is 11.3 Å². The highest BCUT2D eigenvalue weighted by atomic mass is 16.5. The molecule has 1 fully saturated rings. The Kier molecular flexibility index (Phi) is 4.97. The Morgan fingerprint density at radius 1 is 1.37 bits per heavy atom. The minimum atomic E-state index is -0.865. The molecule has 1 aliphatic rings. The standard InChI is InChI=1S/C14H23NO4/c1-14(2,3)11-9-10(5-6-12(16)19-4)7-8-15(11)13(17)18/h5-6,10-11H,7-9H2,1-4H3,(H,17,18)/b6-5+. The number of ether oxygens (including phenoxy) is 1. The molecule has 1 N–H and O–H groups in total. The zero-order valence-corrected chi connectivity index (χ0v) is 12.0. The topological polar surface area (TPSA) is 66.8 Å². The van der Waals surface area contributed by atoms with Crippen LogP contribution in [-0.4, -0.2) is 41.8 Å². The summed E-state index contributed by atoms with van der Waals surface area (Å²) in [6.07, 6.45) is 3.88. The third-order valence-electron chi connectivity index (χ3n) is 3.59. The fourth-order valence-corrected chi connectivity index (χ4v) is 2.50. The Labute approximate surface area is 114 Å². The van der Waals surface area contributed by atoms with E-state index in [1.807, 2.05) is 26.8 Å². The number of carbonyl (C=O) groups excluding carboxylic acids is 1. The number of esters is 1. The highest BCUT2D eigenvalue weighted by molar-refractivity contribution is 5.81. The van der Waals surface area contributed by atoms with Crippen molar-refractivity contribution in [2.75, 3.05) is 13.7 Å². The van der Waals surface area contributed by atoms with Gasteiger partial charge in [0.2, 0.25) is 0 Å². The molecule has 108 valence electrons. The molecule has 0 aromatic carbocycles.